The number of nitrogens with one attached hydrogen (secondary N) is 1. The Balaban J connectivity index is 2.03. The first kappa shape index (κ1) is 11.1. The van der Waals surface area contributed by atoms with Crippen molar-refractivity contribution in [1.82, 2.24) is 15.3 Å². The Bertz CT molecular complexity index is 381. The maximum atomic E-state index is 11.4. The highest BCUT2D eigenvalue weighted by Crippen LogP contribution is 2.20. The van der Waals surface area contributed by atoms with Crippen molar-refractivity contribution in [3.63, 3.8) is 0 Å². The lowest BCUT2D eigenvalue weighted by Gasteiger charge is -2.15. The van der Waals surface area contributed by atoms with Gasteiger partial charge in [0.25, 0.3) is 0 Å². The molecule has 1 N–H and O–H groups in total. The molecule has 1 aromatic rings. The van der Waals surface area contributed by atoms with Gasteiger partial charge in [-0.05, 0) is 6.42 Å². The maximum absolute atomic E-state index is 11.4. The minimum atomic E-state index is 0.0317. The van der Waals surface area contributed by atoms with Gasteiger partial charge in [-0.25, -0.2) is 9.97 Å². The van der Waals surface area contributed by atoms with Crippen molar-refractivity contribution in [2.75, 3.05) is 25.0 Å². The molecule has 1 aliphatic heterocycles. The first-order valence-electron chi connectivity index (χ1n) is 5.15. The molecule has 1 amide bonds. The van der Waals surface area contributed by atoms with Crippen LogP contribution in [-0.2, 0) is 4.79 Å². The quantitative estimate of drug-likeness (QED) is 0.827. The summed E-state index contributed by atoms with van der Waals surface area (Å²) in [5.74, 6) is 0.747. The van der Waals surface area contributed by atoms with Crippen LogP contribution in [0.5, 0.6) is 0 Å². The summed E-state index contributed by atoms with van der Waals surface area (Å²) in [6, 6.07) is 0. The van der Waals surface area contributed by atoms with Crippen molar-refractivity contribution in [2.45, 2.75) is 6.42 Å². The van der Waals surface area contributed by atoms with Gasteiger partial charge >= 0.3 is 0 Å². The summed E-state index contributed by atoms with van der Waals surface area (Å²) in [5, 5.41) is 3.18. The van der Waals surface area contributed by atoms with Gasteiger partial charge in [0.2, 0.25) is 11.9 Å². The molecule has 86 valence electrons. The van der Waals surface area contributed by atoms with Gasteiger partial charge < -0.3 is 10.2 Å². The van der Waals surface area contributed by atoms with E-state index in [1.54, 1.807) is 19.4 Å². The van der Waals surface area contributed by atoms with E-state index in [0.717, 1.165) is 13.0 Å². The summed E-state index contributed by atoms with van der Waals surface area (Å²) < 4.78 is 0. The number of anilines is 1. The largest absolute Gasteiger partial charge is 0.359 e. The number of amides is 1. The van der Waals surface area contributed by atoms with Gasteiger partial charge in [0.15, 0.2) is 0 Å². The molecule has 5 nitrogen and oxygen atoms in total. The van der Waals surface area contributed by atoms with Crippen LogP contribution in [-0.4, -0.2) is 36.0 Å². The molecule has 0 aromatic carbocycles. The molecule has 6 heteroatoms. The lowest BCUT2D eigenvalue weighted by Crippen LogP contribution is -2.30. The van der Waals surface area contributed by atoms with E-state index in [1.165, 1.54) is 0 Å². The monoisotopic (exact) mass is 240 g/mol. The van der Waals surface area contributed by atoms with Crippen molar-refractivity contribution in [3.05, 3.63) is 17.4 Å². The third kappa shape index (κ3) is 2.24. The summed E-state index contributed by atoms with van der Waals surface area (Å²) >= 11 is 5.71. The fraction of sp³-hybridized carbons (Fsp3) is 0.500. The van der Waals surface area contributed by atoms with Crippen LogP contribution in [0, 0.1) is 5.92 Å². The number of carbonyl (C=O) groups excluding carboxylic acids is 1. The minimum absolute atomic E-state index is 0.0317. The zero-order valence-corrected chi connectivity index (χ0v) is 9.74. The molecule has 0 aliphatic carbocycles. The van der Waals surface area contributed by atoms with Crippen molar-refractivity contribution < 1.29 is 4.79 Å². The topological polar surface area (TPSA) is 58.1 Å². The van der Waals surface area contributed by atoms with Crippen LogP contribution >= 0.6 is 11.6 Å². The Hall–Kier alpha value is -1.36. The average Bonchev–Trinajstić information content (AvgIpc) is 2.78. The Labute approximate surface area is 98.8 Å². The molecular formula is C10H13ClN4O. The van der Waals surface area contributed by atoms with Crippen LogP contribution in [0.25, 0.3) is 0 Å². The fourth-order valence-electron chi connectivity index (χ4n) is 1.83. The lowest BCUT2D eigenvalue weighted by molar-refractivity contribution is -0.123. The number of nitrogens with zero attached hydrogens (tertiary/aromatic N) is 3. The molecule has 0 radical (unpaired) electrons. The van der Waals surface area contributed by atoms with Crippen LogP contribution in [0.4, 0.5) is 5.95 Å². The van der Waals surface area contributed by atoms with E-state index in [0.29, 0.717) is 17.5 Å². The molecule has 1 atom stereocenters. The molecule has 0 spiro atoms. The van der Waals surface area contributed by atoms with Crippen molar-refractivity contribution in [3.8, 4) is 0 Å². The van der Waals surface area contributed by atoms with E-state index < -0.39 is 0 Å². The van der Waals surface area contributed by atoms with Crippen molar-refractivity contribution >= 4 is 23.5 Å². The maximum Gasteiger partial charge on any atom is 0.225 e. The summed E-state index contributed by atoms with van der Waals surface area (Å²) in [6.45, 7) is 1.47. The van der Waals surface area contributed by atoms with Crippen LogP contribution < -0.4 is 10.2 Å². The fourth-order valence-corrected chi connectivity index (χ4v) is 1.93. The van der Waals surface area contributed by atoms with Crippen molar-refractivity contribution in [1.29, 1.82) is 0 Å². The average molecular weight is 241 g/mol. The molecule has 1 aromatic heterocycles. The molecule has 1 saturated heterocycles. The zero-order chi connectivity index (χ0) is 11.5. The Kier molecular flexibility index (Phi) is 3.24. The number of carbonyl (C=O) groups is 1. The van der Waals surface area contributed by atoms with E-state index in [2.05, 4.69) is 15.3 Å². The van der Waals surface area contributed by atoms with E-state index in [9.17, 15) is 4.79 Å². The van der Waals surface area contributed by atoms with E-state index >= 15 is 0 Å². The van der Waals surface area contributed by atoms with Crippen molar-refractivity contribution in [2.24, 2.45) is 5.92 Å². The number of hydrogen-bond donors (Lipinski definition) is 1. The van der Waals surface area contributed by atoms with Crippen LogP contribution in [0.2, 0.25) is 5.02 Å². The molecule has 2 heterocycles. The minimum Gasteiger partial charge on any atom is -0.359 e. The predicted octanol–water partition coefficient (Wildman–Crippen LogP) is 0.702. The molecule has 1 unspecified atom stereocenters. The third-order valence-corrected chi connectivity index (χ3v) is 2.89. The van der Waals surface area contributed by atoms with E-state index in [4.69, 9.17) is 11.6 Å². The van der Waals surface area contributed by atoms with E-state index in [-0.39, 0.29) is 11.8 Å². The number of halogens is 1. The summed E-state index contributed by atoms with van der Waals surface area (Å²) in [6.07, 6.45) is 3.97. The van der Waals surface area contributed by atoms with Gasteiger partial charge in [-0.15, -0.1) is 0 Å². The lowest BCUT2D eigenvalue weighted by atomic mass is 10.1. The van der Waals surface area contributed by atoms with Gasteiger partial charge in [-0.3, -0.25) is 4.79 Å². The third-order valence-electron chi connectivity index (χ3n) is 2.69. The van der Waals surface area contributed by atoms with Crippen LogP contribution in [0.3, 0.4) is 0 Å². The molecule has 1 aliphatic rings. The van der Waals surface area contributed by atoms with E-state index in [1.807, 2.05) is 4.90 Å². The Morgan fingerprint density at radius 3 is 2.88 bits per heavy atom. The Morgan fingerprint density at radius 1 is 1.56 bits per heavy atom. The standard InChI is InChI=1S/C10H13ClN4O/c1-12-9(16)7-2-3-15(6-7)10-13-4-8(11)5-14-10/h4-5,7H,2-3,6H2,1H3,(H,12,16). The highest BCUT2D eigenvalue weighted by atomic mass is 35.5. The van der Waals surface area contributed by atoms with Gasteiger partial charge in [0, 0.05) is 20.1 Å². The normalized spacial score (nSPS) is 19.9. The first-order valence-corrected chi connectivity index (χ1v) is 5.52. The molecule has 0 bridgehead atoms. The molecule has 16 heavy (non-hydrogen) atoms. The summed E-state index contributed by atoms with van der Waals surface area (Å²) in [4.78, 5) is 21.7. The number of hydrogen-bond acceptors (Lipinski definition) is 4. The van der Waals surface area contributed by atoms with Gasteiger partial charge in [-0.1, -0.05) is 11.6 Å². The predicted molar refractivity (Wildman–Crippen MR) is 61.4 cm³/mol. The highest BCUT2D eigenvalue weighted by Gasteiger charge is 2.28. The van der Waals surface area contributed by atoms with Crippen LogP contribution in [0.15, 0.2) is 12.4 Å². The number of aromatic nitrogens is 2. The second kappa shape index (κ2) is 4.65. The SMILES string of the molecule is CNC(=O)C1CCN(c2ncc(Cl)cn2)C1. The van der Waals surface area contributed by atoms with Gasteiger partial charge in [0.05, 0.1) is 23.3 Å². The van der Waals surface area contributed by atoms with Gasteiger partial charge in [0.1, 0.15) is 0 Å². The second-order valence-corrected chi connectivity index (χ2v) is 4.18. The molecule has 2 rings (SSSR count). The second-order valence-electron chi connectivity index (χ2n) is 3.75. The Morgan fingerprint density at radius 2 is 2.25 bits per heavy atom. The van der Waals surface area contributed by atoms with Gasteiger partial charge in [-0.2, -0.15) is 0 Å². The molecule has 0 saturated carbocycles. The summed E-state index contributed by atoms with van der Waals surface area (Å²) in [7, 11) is 1.66. The summed E-state index contributed by atoms with van der Waals surface area (Å²) in [5.41, 5.74) is 0. The zero-order valence-electron chi connectivity index (χ0n) is 8.98. The first-order chi connectivity index (χ1) is 7.70. The highest BCUT2D eigenvalue weighted by molar-refractivity contribution is 6.30. The molecule has 1 fully saturated rings. The number of rotatable bonds is 2. The molecular weight excluding hydrogens is 228 g/mol. The smallest absolute Gasteiger partial charge is 0.225 e. The van der Waals surface area contributed by atoms with Crippen LogP contribution in [0.1, 0.15) is 6.42 Å².